The van der Waals surface area contributed by atoms with Crippen molar-refractivity contribution in [3.05, 3.63) is 18.2 Å². The van der Waals surface area contributed by atoms with Gasteiger partial charge in [-0.05, 0) is 13.8 Å². The summed E-state index contributed by atoms with van der Waals surface area (Å²) in [6, 6.07) is 0. The third-order valence-corrected chi connectivity index (χ3v) is 2.35. The minimum atomic E-state index is -0.655. The molecule has 0 radical (unpaired) electrons. The van der Waals surface area contributed by atoms with E-state index in [1.165, 1.54) is 0 Å². The number of carbonyl (C=O) groups excluding carboxylic acids is 1. The highest BCUT2D eigenvalue weighted by atomic mass is 35.5. The number of alkyl halides is 1. The highest BCUT2D eigenvalue weighted by molar-refractivity contribution is 6.30. The van der Waals surface area contributed by atoms with E-state index in [0.717, 1.165) is 12.2 Å². The van der Waals surface area contributed by atoms with Gasteiger partial charge in [-0.25, -0.2) is 4.98 Å². The van der Waals surface area contributed by atoms with E-state index in [1.54, 1.807) is 12.5 Å². The first-order valence-corrected chi connectivity index (χ1v) is 5.06. The van der Waals surface area contributed by atoms with Gasteiger partial charge in [0, 0.05) is 13.1 Å². The summed E-state index contributed by atoms with van der Waals surface area (Å²) in [6.45, 7) is 5.19. The van der Waals surface area contributed by atoms with Crippen molar-refractivity contribution in [1.29, 1.82) is 0 Å². The fourth-order valence-corrected chi connectivity index (χ4v) is 1.46. The molecule has 1 unspecified atom stereocenters. The maximum atomic E-state index is 11.4. The summed E-state index contributed by atoms with van der Waals surface area (Å²) in [4.78, 5) is 15.4. The van der Waals surface area contributed by atoms with E-state index in [2.05, 4.69) is 10.3 Å². The van der Waals surface area contributed by atoms with Gasteiger partial charge in [0.15, 0.2) is 5.38 Å². The van der Waals surface area contributed by atoms with Gasteiger partial charge in [-0.1, -0.05) is 0 Å². The Labute approximate surface area is 88.3 Å². The number of hydrogen-bond donors (Lipinski definition) is 1. The molecule has 0 aliphatic rings. The third kappa shape index (κ3) is 2.26. The lowest BCUT2D eigenvalue weighted by molar-refractivity contribution is -0.120. The highest BCUT2D eigenvalue weighted by Gasteiger charge is 2.19. The van der Waals surface area contributed by atoms with Crippen molar-refractivity contribution in [3.63, 3.8) is 0 Å². The molecule has 1 rings (SSSR count). The fourth-order valence-electron chi connectivity index (χ4n) is 1.20. The standard InChI is InChI=1S/C9H14ClN3O/c1-3-12-9(14)8(10)7-5-11-6-13(7)4-2/h5-6,8H,3-4H2,1-2H3,(H,12,14). The lowest BCUT2D eigenvalue weighted by Crippen LogP contribution is -2.27. The van der Waals surface area contributed by atoms with Gasteiger partial charge in [0.05, 0.1) is 18.2 Å². The normalized spacial score (nSPS) is 12.5. The van der Waals surface area contributed by atoms with Crippen LogP contribution in [0.15, 0.2) is 12.5 Å². The largest absolute Gasteiger partial charge is 0.355 e. The quantitative estimate of drug-likeness (QED) is 0.771. The Kier molecular flexibility index (Phi) is 3.95. The molecule has 1 amide bonds. The van der Waals surface area contributed by atoms with Crippen LogP contribution in [-0.4, -0.2) is 22.0 Å². The van der Waals surface area contributed by atoms with Crippen LogP contribution >= 0.6 is 11.6 Å². The summed E-state index contributed by atoms with van der Waals surface area (Å²) in [7, 11) is 0. The molecule has 0 aromatic carbocycles. The Hall–Kier alpha value is -1.03. The molecule has 0 saturated heterocycles. The zero-order valence-electron chi connectivity index (χ0n) is 8.33. The Balaban J connectivity index is 2.77. The molecule has 14 heavy (non-hydrogen) atoms. The van der Waals surface area contributed by atoms with E-state index in [-0.39, 0.29) is 5.91 Å². The van der Waals surface area contributed by atoms with Crippen molar-refractivity contribution in [2.24, 2.45) is 0 Å². The predicted octanol–water partition coefficient (Wildman–Crippen LogP) is 1.32. The Morgan fingerprint density at radius 2 is 2.43 bits per heavy atom. The van der Waals surface area contributed by atoms with Crippen LogP contribution in [0.3, 0.4) is 0 Å². The van der Waals surface area contributed by atoms with Gasteiger partial charge in [-0.3, -0.25) is 4.79 Å². The van der Waals surface area contributed by atoms with E-state index < -0.39 is 5.38 Å². The molecule has 4 nitrogen and oxygen atoms in total. The Morgan fingerprint density at radius 3 is 3.00 bits per heavy atom. The molecule has 1 aromatic heterocycles. The van der Waals surface area contributed by atoms with E-state index in [9.17, 15) is 4.79 Å². The first-order valence-electron chi connectivity index (χ1n) is 4.62. The smallest absolute Gasteiger partial charge is 0.244 e. The number of carbonyl (C=O) groups is 1. The van der Waals surface area contributed by atoms with Gasteiger partial charge >= 0.3 is 0 Å². The molecule has 78 valence electrons. The Morgan fingerprint density at radius 1 is 1.71 bits per heavy atom. The van der Waals surface area contributed by atoms with Crippen LogP contribution in [0, 0.1) is 0 Å². The molecule has 0 fully saturated rings. The molecule has 5 heteroatoms. The van der Waals surface area contributed by atoms with Crippen molar-refractivity contribution in [1.82, 2.24) is 14.9 Å². The van der Waals surface area contributed by atoms with Gasteiger partial charge in [-0.15, -0.1) is 11.6 Å². The summed E-state index contributed by atoms with van der Waals surface area (Å²) in [5.74, 6) is -0.177. The number of amides is 1. The molecule has 1 heterocycles. The molecule has 0 spiro atoms. The van der Waals surface area contributed by atoms with Gasteiger partial charge in [-0.2, -0.15) is 0 Å². The van der Waals surface area contributed by atoms with Crippen molar-refractivity contribution in [2.45, 2.75) is 25.8 Å². The number of aromatic nitrogens is 2. The summed E-state index contributed by atoms with van der Waals surface area (Å²) in [6.07, 6.45) is 3.29. The van der Waals surface area contributed by atoms with Crippen LogP contribution in [-0.2, 0) is 11.3 Å². The van der Waals surface area contributed by atoms with E-state index >= 15 is 0 Å². The van der Waals surface area contributed by atoms with Crippen molar-refractivity contribution >= 4 is 17.5 Å². The van der Waals surface area contributed by atoms with Crippen LogP contribution in [0.4, 0.5) is 0 Å². The maximum absolute atomic E-state index is 11.4. The van der Waals surface area contributed by atoms with Crippen LogP contribution in [0.2, 0.25) is 0 Å². The van der Waals surface area contributed by atoms with E-state index in [1.807, 2.05) is 18.4 Å². The minimum absolute atomic E-state index is 0.177. The number of halogens is 1. The molecule has 1 N–H and O–H groups in total. The fraction of sp³-hybridized carbons (Fsp3) is 0.556. The number of nitrogens with one attached hydrogen (secondary N) is 1. The first kappa shape index (κ1) is 11.0. The van der Waals surface area contributed by atoms with Crippen molar-refractivity contribution in [3.8, 4) is 0 Å². The van der Waals surface area contributed by atoms with Crippen LogP contribution in [0.1, 0.15) is 24.9 Å². The van der Waals surface area contributed by atoms with Gasteiger partial charge in [0.2, 0.25) is 5.91 Å². The average Bonchev–Trinajstić information content (AvgIpc) is 2.64. The zero-order chi connectivity index (χ0) is 10.6. The van der Waals surface area contributed by atoms with E-state index in [0.29, 0.717) is 6.54 Å². The predicted molar refractivity (Wildman–Crippen MR) is 55.2 cm³/mol. The second-order valence-electron chi connectivity index (χ2n) is 2.86. The molecule has 1 atom stereocenters. The molecule has 0 bridgehead atoms. The number of nitrogens with zero attached hydrogens (tertiary/aromatic N) is 2. The summed E-state index contributed by atoms with van der Waals surface area (Å²) < 4.78 is 1.85. The zero-order valence-corrected chi connectivity index (χ0v) is 9.08. The molecular formula is C9H14ClN3O. The van der Waals surface area contributed by atoms with Crippen molar-refractivity contribution in [2.75, 3.05) is 6.54 Å². The lowest BCUT2D eigenvalue weighted by atomic mass is 10.3. The molecule has 0 aliphatic heterocycles. The van der Waals surface area contributed by atoms with Gasteiger partial charge in [0.1, 0.15) is 0 Å². The molecule has 1 aromatic rings. The third-order valence-electron chi connectivity index (χ3n) is 1.93. The Bertz CT molecular complexity index is 311. The summed E-state index contributed by atoms with van der Waals surface area (Å²) in [5, 5.41) is 2.02. The van der Waals surface area contributed by atoms with Gasteiger partial charge < -0.3 is 9.88 Å². The van der Waals surface area contributed by atoms with Crippen LogP contribution in [0.25, 0.3) is 0 Å². The van der Waals surface area contributed by atoms with Crippen molar-refractivity contribution < 1.29 is 4.79 Å². The number of aryl methyl sites for hydroxylation is 1. The highest BCUT2D eigenvalue weighted by Crippen LogP contribution is 2.19. The minimum Gasteiger partial charge on any atom is -0.355 e. The average molecular weight is 216 g/mol. The molecule has 0 aliphatic carbocycles. The monoisotopic (exact) mass is 215 g/mol. The molecule has 0 saturated carbocycles. The summed E-state index contributed by atoms with van der Waals surface area (Å²) in [5.41, 5.74) is 0.736. The lowest BCUT2D eigenvalue weighted by Gasteiger charge is -2.10. The maximum Gasteiger partial charge on any atom is 0.244 e. The van der Waals surface area contributed by atoms with E-state index in [4.69, 9.17) is 11.6 Å². The SMILES string of the molecule is CCNC(=O)C(Cl)c1cncn1CC. The van der Waals surface area contributed by atoms with Crippen LogP contribution < -0.4 is 5.32 Å². The molecular weight excluding hydrogens is 202 g/mol. The number of rotatable bonds is 4. The second kappa shape index (κ2) is 5.00. The topological polar surface area (TPSA) is 46.9 Å². The number of likely N-dealkylation sites (N-methyl/N-ethyl adjacent to an activating group) is 1. The number of hydrogen-bond acceptors (Lipinski definition) is 2. The van der Waals surface area contributed by atoms with Crippen LogP contribution in [0.5, 0.6) is 0 Å². The summed E-state index contributed by atoms with van der Waals surface area (Å²) >= 11 is 5.99. The first-order chi connectivity index (χ1) is 6.70. The second-order valence-corrected chi connectivity index (χ2v) is 3.30. The van der Waals surface area contributed by atoms with Gasteiger partial charge in [0.25, 0.3) is 0 Å². The number of imidazole rings is 1.